The molecular weight excluding hydrogens is 242 g/mol. The zero-order valence-electron chi connectivity index (χ0n) is 11.4. The third kappa shape index (κ3) is 4.91. The summed E-state index contributed by atoms with van der Waals surface area (Å²) in [6.07, 6.45) is 4.83. The van der Waals surface area contributed by atoms with Crippen LogP contribution in [0.1, 0.15) is 32.6 Å². The smallest absolute Gasteiger partial charge is 0.308 e. The molecule has 1 heterocycles. The van der Waals surface area contributed by atoms with Crippen LogP contribution in [0.3, 0.4) is 0 Å². The highest BCUT2D eigenvalue weighted by molar-refractivity contribution is 5.69. The molecule has 0 bridgehead atoms. The number of piperidine rings is 1. The van der Waals surface area contributed by atoms with Gasteiger partial charge in [-0.25, -0.2) is 0 Å². The van der Waals surface area contributed by atoms with Gasteiger partial charge in [0.05, 0.1) is 6.61 Å². The minimum atomic E-state index is -0.316. The molecule has 0 aliphatic carbocycles. The molecule has 19 heavy (non-hydrogen) atoms. The average molecular weight is 263 g/mol. The lowest BCUT2D eigenvalue weighted by Crippen LogP contribution is -2.35. The highest BCUT2D eigenvalue weighted by Gasteiger charge is 2.12. The Labute approximate surface area is 114 Å². The Balaban J connectivity index is 1.77. The molecule has 4 heteroatoms. The van der Waals surface area contributed by atoms with Gasteiger partial charge < -0.3 is 14.8 Å². The van der Waals surface area contributed by atoms with Crippen LogP contribution in [-0.2, 0) is 4.79 Å². The van der Waals surface area contributed by atoms with E-state index in [1.807, 2.05) is 12.1 Å². The summed E-state index contributed by atoms with van der Waals surface area (Å²) >= 11 is 0. The molecule has 0 amide bonds. The van der Waals surface area contributed by atoms with Crippen molar-refractivity contribution in [3.8, 4) is 11.5 Å². The second-order valence-electron chi connectivity index (χ2n) is 4.85. The van der Waals surface area contributed by atoms with Crippen LogP contribution >= 0.6 is 0 Å². The van der Waals surface area contributed by atoms with Crippen molar-refractivity contribution in [1.29, 1.82) is 0 Å². The first-order chi connectivity index (χ1) is 9.24. The average Bonchev–Trinajstić information content (AvgIpc) is 2.40. The molecule has 1 N–H and O–H groups in total. The third-order valence-electron chi connectivity index (χ3n) is 3.21. The molecule has 1 saturated heterocycles. The molecular formula is C15H21NO3. The number of benzene rings is 1. The lowest BCUT2D eigenvalue weighted by Gasteiger charge is -2.23. The standard InChI is InChI=1S/C15H21NO3/c1-12(17)19-15-7-4-6-14(11-15)18-10-8-13-5-2-3-9-16-13/h4,6-7,11,13,16H,2-3,5,8-10H2,1H3. The number of hydrogen-bond acceptors (Lipinski definition) is 4. The van der Waals surface area contributed by atoms with Gasteiger partial charge in [0.1, 0.15) is 11.5 Å². The van der Waals surface area contributed by atoms with Gasteiger partial charge in [0.25, 0.3) is 0 Å². The monoisotopic (exact) mass is 263 g/mol. The number of esters is 1. The van der Waals surface area contributed by atoms with Gasteiger partial charge in [-0.3, -0.25) is 4.79 Å². The fraction of sp³-hybridized carbons (Fsp3) is 0.533. The Morgan fingerprint density at radius 2 is 2.21 bits per heavy atom. The summed E-state index contributed by atoms with van der Waals surface area (Å²) in [5.41, 5.74) is 0. The summed E-state index contributed by atoms with van der Waals surface area (Å²) in [5.74, 6) is 0.957. The molecule has 0 saturated carbocycles. The molecule has 0 spiro atoms. The molecule has 0 radical (unpaired) electrons. The van der Waals surface area contributed by atoms with E-state index in [-0.39, 0.29) is 5.97 Å². The van der Waals surface area contributed by atoms with E-state index in [2.05, 4.69) is 5.32 Å². The molecule has 1 atom stereocenters. The van der Waals surface area contributed by atoms with E-state index in [0.29, 0.717) is 18.4 Å². The van der Waals surface area contributed by atoms with Crippen LogP contribution in [0.15, 0.2) is 24.3 Å². The predicted molar refractivity (Wildman–Crippen MR) is 73.5 cm³/mol. The van der Waals surface area contributed by atoms with E-state index in [9.17, 15) is 4.79 Å². The van der Waals surface area contributed by atoms with Gasteiger partial charge in [-0.1, -0.05) is 12.5 Å². The van der Waals surface area contributed by atoms with E-state index in [1.165, 1.54) is 26.2 Å². The van der Waals surface area contributed by atoms with E-state index < -0.39 is 0 Å². The first-order valence-corrected chi connectivity index (χ1v) is 6.89. The lowest BCUT2D eigenvalue weighted by atomic mass is 10.0. The van der Waals surface area contributed by atoms with Crippen molar-refractivity contribution in [2.24, 2.45) is 0 Å². The van der Waals surface area contributed by atoms with Crippen molar-refractivity contribution in [3.63, 3.8) is 0 Å². The fourth-order valence-corrected chi connectivity index (χ4v) is 2.28. The van der Waals surface area contributed by atoms with Crippen LogP contribution < -0.4 is 14.8 Å². The molecule has 4 nitrogen and oxygen atoms in total. The minimum Gasteiger partial charge on any atom is -0.493 e. The summed E-state index contributed by atoms with van der Waals surface area (Å²) in [7, 11) is 0. The molecule has 1 unspecified atom stereocenters. The SMILES string of the molecule is CC(=O)Oc1cccc(OCCC2CCCCN2)c1. The van der Waals surface area contributed by atoms with Crippen LogP contribution in [0, 0.1) is 0 Å². The molecule has 104 valence electrons. The second kappa shape index (κ2) is 7.14. The molecule has 1 aliphatic rings. The van der Waals surface area contributed by atoms with Crippen LogP contribution in [0.25, 0.3) is 0 Å². The van der Waals surface area contributed by atoms with Crippen molar-refractivity contribution < 1.29 is 14.3 Å². The van der Waals surface area contributed by atoms with Gasteiger partial charge in [-0.15, -0.1) is 0 Å². The van der Waals surface area contributed by atoms with Crippen LogP contribution in [0.2, 0.25) is 0 Å². The summed E-state index contributed by atoms with van der Waals surface area (Å²) in [6.45, 7) is 3.19. The third-order valence-corrected chi connectivity index (χ3v) is 3.21. The second-order valence-corrected chi connectivity index (χ2v) is 4.85. The maximum absolute atomic E-state index is 10.9. The van der Waals surface area contributed by atoms with E-state index in [0.717, 1.165) is 18.7 Å². The van der Waals surface area contributed by atoms with E-state index >= 15 is 0 Å². The molecule has 1 aromatic rings. The van der Waals surface area contributed by atoms with Gasteiger partial charge in [0, 0.05) is 19.0 Å². The Kier molecular flexibility index (Phi) is 5.21. The maximum Gasteiger partial charge on any atom is 0.308 e. The molecule has 1 aromatic carbocycles. The van der Waals surface area contributed by atoms with Gasteiger partial charge in [0.2, 0.25) is 0 Å². The summed E-state index contributed by atoms with van der Waals surface area (Å²) in [5, 5.41) is 3.49. The first-order valence-electron chi connectivity index (χ1n) is 6.89. The number of carbonyl (C=O) groups excluding carboxylic acids is 1. The largest absolute Gasteiger partial charge is 0.493 e. The highest BCUT2D eigenvalue weighted by Crippen LogP contribution is 2.20. The van der Waals surface area contributed by atoms with Gasteiger partial charge in [0.15, 0.2) is 0 Å². The lowest BCUT2D eigenvalue weighted by molar-refractivity contribution is -0.131. The number of carbonyl (C=O) groups is 1. The van der Waals surface area contributed by atoms with Crippen molar-refractivity contribution in [1.82, 2.24) is 5.32 Å². The Hall–Kier alpha value is -1.55. The molecule has 0 aromatic heterocycles. The molecule has 2 rings (SSSR count). The van der Waals surface area contributed by atoms with Crippen LogP contribution in [0.4, 0.5) is 0 Å². The first kappa shape index (κ1) is 13.9. The maximum atomic E-state index is 10.9. The Bertz CT molecular complexity index is 414. The summed E-state index contributed by atoms with van der Waals surface area (Å²) in [6, 6.07) is 7.77. The number of nitrogens with one attached hydrogen (secondary N) is 1. The van der Waals surface area contributed by atoms with Gasteiger partial charge in [-0.2, -0.15) is 0 Å². The topological polar surface area (TPSA) is 47.6 Å². The predicted octanol–water partition coefficient (Wildman–Crippen LogP) is 2.52. The fourth-order valence-electron chi connectivity index (χ4n) is 2.28. The van der Waals surface area contributed by atoms with Crippen molar-refractivity contribution in [2.75, 3.05) is 13.2 Å². The van der Waals surface area contributed by atoms with Gasteiger partial charge in [-0.05, 0) is 37.9 Å². The van der Waals surface area contributed by atoms with E-state index in [4.69, 9.17) is 9.47 Å². The van der Waals surface area contributed by atoms with Crippen LogP contribution in [0.5, 0.6) is 11.5 Å². The Morgan fingerprint density at radius 3 is 2.95 bits per heavy atom. The number of ether oxygens (including phenoxy) is 2. The zero-order valence-corrected chi connectivity index (χ0v) is 11.4. The van der Waals surface area contributed by atoms with Crippen molar-refractivity contribution >= 4 is 5.97 Å². The summed E-state index contributed by atoms with van der Waals surface area (Å²) in [4.78, 5) is 10.9. The number of rotatable bonds is 5. The Morgan fingerprint density at radius 1 is 1.37 bits per heavy atom. The quantitative estimate of drug-likeness (QED) is 0.655. The van der Waals surface area contributed by atoms with Crippen LogP contribution in [-0.4, -0.2) is 25.2 Å². The highest BCUT2D eigenvalue weighted by atomic mass is 16.5. The summed E-state index contributed by atoms with van der Waals surface area (Å²) < 4.78 is 10.7. The van der Waals surface area contributed by atoms with Gasteiger partial charge >= 0.3 is 5.97 Å². The van der Waals surface area contributed by atoms with E-state index in [1.54, 1.807) is 12.1 Å². The van der Waals surface area contributed by atoms with Crippen molar-refractivity contribution in [2.45, 2.75) is 38.6 Å². The normalized spacial score (nSPS) is 18.9. The van der Waals surface area contributed by atoms with Crippen molar-refractivity contribution in [3.05, 3.63) is 24.3 Å². The molecule has 1 fully saturated rings. The minimum absolute atomic E-state index is 0.316. The molecule has 1 aliphatic heterocycles. The number of hydrogen-bond donors (Lipinski definition) is 1. The zero-order chi connectivity index (χ0) is 13.5.